The van der Waals surface area contributed by atoms with Gasteiger partial charge in [-0.1, -0.05) is 54.6 Å². The van der Waals surface area contributed by atoms with Crippen molar-refractivity contribution < 1.29 is 4.79 Å². The van der Waals surface area contributed by atoms with E-state index < -0.39 is 0 Å². The first-order valence-electron chi connectivity index (χ1n) is 7.82. The van der Waals surface area contributed by atoms with Crippen LogP contribution in [-0.4, -0.2) is 16.6 Å². The van der Waals surface area contributed by atoms with Crippen LogP contribution in [0.5, 0.6) is 0 Å². The first kappa shape index (κ1) is 15.4. The summed E-state index contributed by atoms with van der Waals surface area (Å²) in [6.07, 6.45) is 1.03. The van der Waals surface area contributed by atoms with E-state index in [0.29, 0.717) is 5.13 Å². The summed E-state index contributed by atoms with van der Waals surface area (Å²) in [6.45, 7) is 0. The fourth-order valence-electron chi connectivity index (χ4n) is 2.85. The van der Waals surface area contributed by atoms with Gasteiger partial charge < -0.3 is 5.32 Å². The van der Waals surface area contributed by atoms with Gasteiger partial charge in [-0.3, -0.25) is 4.79 Å². The normalized spacial score (nSPS) is 16.4. The average molecular weight is 352 g/mol. The molecule has 0 saturated carbocycles. The number of fused-ring (bicyclic) bond motifs is 1. The molecule has 2 heterocycles. The van der Waals surface area contributed by atoms with Crippen molar-refractivity contribution in [2.75, 3.05) is 11.1 Å². The van der Waals surface area contributed by atoms with Crippen LogP contribution in [0.15, 0.2) is 60.0 Å². The lowest BCUT2D eigenvalue weighted by Gasteiger charge is -2.23. The zero-order valence-electron chi connectivity index (χ0n) is 12.9. The van der Waals surface area contributed by atoms with Crippen molar-refractivity contribution in [3.05, 3.63) is 71.1 Å². The highest BCUT2D eigenvalue weighted by Gasteiger charge is 2.27. The monoisotopic (exact) mass is 352 g/mol. The summed E-state index contributed by atoms with van der Waals surface area (Å²) in [7, 11) is 0. The summed E-state index contributed by atoms with van der Waals surface area (Å²) in [6, 6.07) is 18.2. The molecule has 1 N–H and O–H groups in total. The number of carbonyl (C=O) groups is 1. The second-order valence-electron chi connectivity index (χ2n) is 5.59. The molecular formula is C19H16N2OS2. The molecule has 3 aromatic rings. The van der Waals surface area contributed by atoms with Crippen LogP contribution < -0.4 is 5.32 Å². The summed E-state index contributed by atoms with van der Waals surface area (Å²) >= 11 is 3.17. The van der Waals surface area contributed by atoms with Crippen LogP contribution in [0.4, 0.5) is 5.13 Å². The SMILES string of the molecule is O=C(Nc1nc(-c2ccccc2)cs1)C1SCCc2ccccc21. The molecule has 1 atom stereocenters. The van der Waals surface area contributed by atoms with E-state index in [-0.39, 0.29) is 11.2 Å². The van der Waals surface area contributed by atoms with Gasteiger partial charge in [-0.15, -0.1) is 23.1 Å². The molecule has 24 heavy (non-hydrogen) atoms. The number of benzene rings is 2. The van der Waals surface area contributed by atoms with E-state index >= 15 is 0 Å². The number of aryl methyl sites for hydroxylation is 1. The minimum atomic E-state index is -0.154. The second-order valence-corrected chi connectivity index (χ2v) is 7.66. The third-order valence-corrected chi connectivity index (χ3v) is 6.03. The number of thioether (sulfide) groups is 1. The molecular weight excluding hydrogens is 336 g/mol. The van der Waals surface area contributed by atoms with Crippen molar-refractivity contribution in [3.8, 4) is 11.3 Å². The smallest absolute Gasteiger partial charge is 0.243 e. The molecule has 4 rings (SSSR count). The summed E-state index contributed by atoms with van der Waals surface area (Å²) in [4.78, 5) is 17.3. The highest BCUT2D eigenvalue weighted by atomic mass is 32.2. The van der Waals surface area contributed by atoms with E-state index in [4.69, 9.17) is 0 Å². The second kappa shape index (κ2) is 6.79. The van der Waals surface area contributed by atoms with Crippen molar-refractivity contribution in [3.63, 3.8) is 0 Å². The Morgan fingerprint density at radius 3 is 2.75 bits per heavy atom. The Labute approximate surface area is 149 Å². The van der Waals surface area contributed by atoms with Crippen LogP contribution in [0.1, 0.15) is 16.4 Å². The van der Waals surface area contributed by atoms with E-state index in [1.165, 1.54) is 16.9 Å². The minimum Gasteiger partial charge on any atom is -0.301 e. The number of anilines is 1. The Morgan fingerprint density at radius 2 is 1.88 bits per heavy atom. The van der Waals surface area contributed by atoms with Gasteiger partial charge >= 0.3 is 0 Å². The predicted octanol–water partition coefficient (Wildman–Crippen LogP) is 4.78. The maximum absolute atomic E-state index is 12.7. The van der Waals surface area contributed by atoms with E-state index in [1.807, 2.05) is 47.8 Å². The van der Waals surface area contributed by atoms with Crippen molar-refractivity contribution in [1.29, 1.82) is 0 Å². The van der Waals surface area contributed by atoms with Crippen LogP contribution in [0, 0.1) is 0 Å². The molecule has 5 heteroatoms. The van der Waals surface area contributed by atoms with Crippen molar-refractivity contribution in [1.82, 2.24) is 4.98 Å². The Kier molecular flexibility index (Phi) is 4.36. The lowest BCUT2D eigenvalue weighted by molar-refractivity contribution is -0.115. The van der Waals surface area contributed by atoms with Crippen LogP contribution >= 0.6 is 23.1 Å². The van der Waals surface area contributed by atoms with Gasteiger partial charge in [0.1, 0.15) is 5.25 Å². The number of rotatable bonds is 3. The van der Waals surface area contributed by atoms with Gasteiger partial charge in [-0.25, -0.2) is 4.98 Å². The van der Waals surface area contributed by atoms with Gasteiger partial charge in [0, 0.05) is 10.9 Å². The topological polar surface area (TPSA) is 42.0 Å². The number of carbonyl (C=O) groups excluding carboxylic acids is 1. The van der Waals surface area contributed by atoms with Crippen molar-refractivity contribution in [2.45, 2.75) is 11.7 Å². The Morgan fingerprint density at radius 1 is 1.08 bits per heavy atom. The van der Waals surface area contributed by atoms with Crippen LogP contribution in [0.2, 0.25) is 0 Å². The molecule has 120 valence electrons. The Hall–Kier alpha value is -2.11. The highest BCUT2D eigenvalue weighted by molar-refractivity contribution is 8.00. The van der Waals surface area contributed by atoms with E-state index in [2.05, 4.69) is 22.4 Å². The first-order valence-corrected chi connectivity index (χ1v) is 9.75. The molecule has 0 fully saturated rings. The van der Waals surface area contributed by atoms with Crippen LogP contribution in [0.25, 0.3) is 11.3 Å². The zero-order chi connectivity index (χ0) is 16.4. The van der Waals surface area contributed by atoms with E-state index in [9.17, 15) is 4.79 Å². The fraction of sp³-hybridized carbons (Fsp3) is 0.158. The molecule has 0 bridgehead atoms. The van der Waals surface area contributed by atoms with Gasteiger partial charge in [0.05, 0.1) is 5.69 Å². The van der Waals surface area contributed by atoms with Crippen LogP contribution in [-0.2, 0) is 11.2 Å². The number of hydrogen-bond donors (Lipinski definition) is 1. The Bertz CT molecular complexity index is 861. The molecule has 1 unspecified atom stereocenters. The molecule has 1 aliphatic rings. The Balaban J connectivity index is 1.53. The number of thiazole rings is 1. The predicted molar refractivity (Wildman–Crippen MR) is 102 cm³/mol. The lowest BCUT2D eigenvalue weighted by atomic mass is 10.0. The standard InChI is InChI=1S/C19H16N2OS2/c22-18(17-15-9-5-4-6-13(15)10-11-23-17)21-19-20-16(12-24-19)14-7-2-1-3-8-14/h1-9,12,17H,10-11H2,(H,20,21,22). The molecule has 0 spiro atoms. The first-order chi connectivity index (χ1) is 11.8. The van der Waals surface area contributed by atoms with Gasteiger partial charge in [0.25, 0.3) is 0 Å². The third kappa shape index (κ3) is 3.09. The van der Waals surface area contributed by atoms with Gasteiger partial charge in [-0.2, -0.15) is 0 Å². The quantitative estimate of drug-likeness (QED) is 0.738. The number of nitrogens with zero attached hydrogens (tertiary/aromatic N) is 1. The molecule has 1 aliphatic heterocycles. The molecule has 2 aromatic carbocycles. The van der Waals surface area contributed by atoms with Gasteiger partial charge in [0.15, 0.2) is 5.13 Å². The minimum absolute atomic E-state index is 0.0149. The highest BCUT2D eigenvalue weighted by Crippen LogP contribution is 2.37. The number of hydrogen-bond acceptors (Lipinski definition) is 4. The van der Waals surface area contributed by atoms with Crippen LogP contribution in [0.3, 0.4) is 0 Å². The summed E-state index contributed by atoms with van der Waals surface area (Å²) < 4.78 is 0. The molecule has 1 aromatic heterocycles. The van der Waals surface area contributed by atoms with Crippen molar-refractivity contribution in [2.24, 2.45) is 0 Å². The largest absolute Gasteiger partial charge is 0.301 e. The average Bonchev–Trinajstić information content (AvgIpc) is 3.10. The maximum Gasteiger partial charge on any atom is 0.243 e. The van der Waals surface area contributed by atoms with Gasteiger partial charge in [0.2, 0.25) is 5.91 Å². The number of nitrogens with one attached hydrogen (secondary N) is 1. The van der Waals surface area contributed by atoms with Gasteiger partial charge in [-0.05, 0) is 23.3 Å². The summed E-state index contributed by atoms with van der Waals surface area (Å²) in [5.74, 6) is 0.989. The molecule has 0 radical (unpaired) electrons. The molecule has 1 amide bonds. The van der Waals surface area contributed by atoms with E-state index in [0.717, 1.165) is 29.0 Å². The number of aromatic nitrogens is 1. The molecule has 0 saturated heterocycles. The molecule has 0 aliphatic carbocycles. The maximum atomic E-state index is 12.7. The van der Waals surface area contributed by atoms with E-state index in [1.54, 1.807) is 11.8 Å². The third-order valence-electron chi connectivity index (χ3n) is 4.04. The zero-order valence-corrected chi connectivity index (χ0v) is 14.6. The lowest BCUT2D eigenvalue weighted by Crippen LogP contribution is -2.22. The van der Waals surface area contributed by atoms with Crippen molar-refractivity contribution >= 4 is 34.1 Å². The summed E-state index contributed by atoms with van der Waals surface area (Å²) in [5, 5.41) is 5.47. The fourth-order valence-corrected chi connectivity index (χ4v) is 4.77. The summed E-state index contributed by atoms with van der Waals surface area (Å²) in [5.41, 5.74) is 4.37. The number of amides is 1. The molecule has 3 nitrogen and oxygen atoms in total.